The summed E-state index contributed by atoms with van der Waals surface area (Å²) in [6.45, 7) is 4.01. The van der Waals surface area contributed by atoms with Gasteiger partial charge in [0.25, 0.3) is 0 Å². The van der Waals surface area contributed by atoms with E-state index in [9.17, 15) is 14.7 Å². The summed E-state index contributed by atoms with van der Waals surface area (Å²) in [7, 11) is 1.87. The van der Waals surface area contributed by atoms with Gasteiger partial charge >= 0.3 is 0 Å². The second kappa shape index (κ2) is 9.19. The maximum Gasteiger partial charge on any atom is 0.249 e. The van der Waals surface area contributed by atoms with Crippen molar-refractivity contribution >= 4 is 17.5 Å². The highest BCUT2D eigenvalue weighted by Gasteiger charge is 2.37. The number of aliphatic hydroxyl groups is 1. The van der Waals surface area contributed by atoms with Crippen molar-refractivity contribution in [3.8, 4) is 0 Å². The Kier molecular flexibility index (Phi) is 6.66. The smallest absolute Gasteiger partial charge is 0.249 e. The maximum atomic E-state index is 12.4. The topological polar surface area (TPSA) is 96.7 Å². The molecule has 1 aromatic carbocycles. The van der Waals surface area contributed by atoms with E-state index in [1.807, 2.05) is 55.9 Å². The van der Waals surface area contributed by atoms with Crippen LogP contribution in [0.1, 0.15) is 37.8 Å². The SMILES string of the molecule is CC(C)CC(=O)Nc1ccc(C2OCC(=O)N(Cc3nccn3C)C2CO)cc1. The first-order chi connectivity index (χ1) is 13.9. The molecule has 2 heterocycles. The summed E-state index contributed by atoms with van der Waals surface area (Å²) in [6, 6.07) is 6.81. The van der Waals surface area contributed by atoms with Crippen LogP contribution >= 0.6 is 0 Å². The maximum absolute atomic E-state index is 12.4. The summed E-state index contributed by atoms with van der Waals surface area (Å²) in [4.78, 5) is 30.3. The largest absolute Gasteiger partial charge is 0.394 e. The van der Waals surface area contributed by atoms with Crippen LogP contribution in [-0.2, 0) is 27.9 Å². The summed E-state index contributed by atoms with van der Waals surface area (Å²) in [5.41, 5.74) is 1.54. The molecule has 1 aliphatic rings. The van der Waals surface area contributed by atoms with Crippen molar-refractivity contribution in [1.82, 2.24) is 14.5 Å². The van der Waals surface area contributed by atoms with E-state index in [-0.39, 0.29) is 30.9 Å². The molecule has 8 nitrogen and oxygen atoms in total. The molecular formula is C21H28N4O4. The Morgan fingerprint density at radius 1 is 1.34 bits per heavy atom. The number of aromatic nitrogens is 2. The molecular weight excluding hydrogens is 372 g/mol. The molecule has 156 valence electrons. The molecule has 1 fully saturated rings. The number of ether oxygens (including phenoxy) is 1. The second-order valence-electron chi connectivity index (χ2n) is 7.73. The van der Waals surface area contributed by atoms with E-state index in [0.717, 1.165) is 11.4 Å². The van der Waals surface area contributed by atoms with Gasteiger partial charge in [-0.2, -0.15) is 0 Å². The van der Waals surface area contributed by atoms with Crippen LogP contribution in [-0.4, -0.2) is 50.6 Å². The summed E-state index contributed by atoms with van der Waals surface area (Å²) in [5.74, 6) is 0.820. The predicted octanol–water partition coefficient (Wildman–Crippen LogP) is 1.87. The number of imidazole rings is 1. The van der Waals surface area contributed by atoms with Crippen LogP contribution in [0.4, 0.5) is 5.69 Å². The fourth-order valence-electron chi connectivity index (χ4n) is 3.46. The van der Waals surface area contributed by atoms with E-state index >= 15 is 0 Å². The molecule has 1 aromatic heterocycles. The van der Waals surface area contributed by atoms with Crippen molar-refractivity contribution in [2.75, 3.05) is 18.5 Å². The van der Waals surface area contributed by atoms with Gasteiger partial charge in [0.2, 0.25) is 11.8 Å². The third-order valence-electron chi connectivity index (χ3n) is 4.99. The quantitative estimate of drug-likeness (QED) is 0.740. The standard InChI is InChI=1S/C21H28N4O4/c1-14(2)10-19(27)23-16-6-4-15(5-7-16)21-17(12-26)25(20(28)13-29-21)11-18-22-8-9-24(18)3/h4-9,14,17,21,26H,10-13H2,1-3H3,(H,23,27). The van der Waals surface area contributed by atoms with Gasteiger partial charge in [-0.1, -0.05) is 26.0 Å². The molecule has 1 aliphatic heterocycles. The Bertz CT molecular complexity index is 847. The fraction of sp³-hybridized carbons (Fsp3) is 0.476. The lowest BCUT2D eigenvalue weighted by atomic mass is 9.99. The second-order valence-corrected chi connectivity index (χ2v) is 7.73. The normalized spacial score (nSPS) is 19.6. The highest BCUT2D eigenvalue weighted by molar-refractivity contribution is 5.90. The van der Waals surface area contributed by atoms with E-state index in [1.165, 1.54) is 0 Å². The number of nitrogens with one attached hydrogen (secondary N) is 1. The van der Waals surface area contributed by atoms with Crippen LogP contribution in [0, 0.1) is 5.92 Å². The van der Waals surface area contributed by atoms with Crippen LogP contribution in [0.3, 0.4) is 0 Å². The molecule has 2 N–H and O–H groups in total. The minimum absolute atomic E-state index is 0.0262. The van der Waals surface area contributed by atoms with Gasteiger partial charge in [-0.25, -0.2) is 4.98 Å². The first-order valence-corrected chi connectivity index (χ1v) is 9.77. The van der Waals surface area contributed by atoms with E-state index in [0.29, 0.717) is 18.7 Å². The third kappa shape index (κ3) is 5.02. The monoisotopic (exact) mass is 400 g/mol. The van der Waals surface area contributed by atoms with Gasteiger partial charge in [0.1, 0.15) is 18.5 Å². The highest BCUT2D eigenvalue weighted by Crippen LogP contribution is 2.30. The third-order valence-corrected chi connectivity index (χ3v) is 4.99. The molecule has 2 amide bonds. The van der Waals surface area contributed by atoms with E-state index < -0.39 is 12.1 Å². The lowest BCUT2D eigenvalue weighted by Gasteiger charge is -2.40. The lowest BCUT2D eigenvalue weighted by molar-refractivity contribution is -0.162. The Balaban J connectivity index is 1.74. The molecule has 2 aromatic rings. The summed E-state index contributed by atoms with van der Waals surface area (Å²) < 4.78 is 7.62. The fourth-order valence-corrected chi connectivity index (χ4v) is 3.46. The number of hydrogen-bond acceptors (Lipinski definition) is 5. The summed E-state index contributed by atoms with van der Waals surface area (Å²) in [5, 5.41) is 12.9. The summed E-state index contributed by atoms with van der Waals surface area (Å²) in [6.07, 6.45) is 3.50. The number of amides is 2. The van der Waals surface area contributed by atoms with Crippen molar-refractivity contribution in [2.45, 2.75) is 39.0 Å². The number of hydrogen-bond donors (Lipinski definition) is 2. The first-order valence-electron chi connectivity index (χ1n) is 9.77. The van der Waals surface area contributed by atoms with Crippen LogP contribution < -0.4 is 5.32 Å². The molecule has 0 saturated carbocycles. The van der Waals surface area contributed by atoms with Crippen molar-refractivity contribution in [1.29, 1.82) is 0 Å². The molecule has 0 radical (unpaired) electrons. The number of carbonyl (C=O) groups excluding carboxylic acids is 2. The van der Waals surface area contributed by atoms with Crippen LogP contribution in [0.25, 0.3) is 0 Å². The lowest BCUT2D eigenvalue weighted by Crippen LogP contribution is -2.52. The zero-order valence-corrected chi connectivity index (χ0v) is 17.0. The minimum atomic E-state index is -0.519. The average molecular weight is 400 g/mol. The number of aryl methyl sites for hydroxylation is 1. The van der Waals surface area contributed by atoms with E-state index in [1.54, 1.807) is 11.1 Å². The van der Waals surface area contributed by atoms with Crippen molar-refractivity contribution in [3.05, 3.63) is 48.0 Å². The van der Waals surface area contributed by atoms with Gasteiger partial charge in [-0.3, -0.25) is 9.59 Å². The molecule has 0 spiro atoms. The molecule has 3 rings (SSSR count). The molecule has 29 heavy (non-hydrogen) atoms. The predicted molar refractivity (Wildman–Crippen MR) is 108 cm³/mol. The molecule has 1 saturated heterocycles. The van der Waals surface area contributed by atoms with Crippen molar-refractivity contribution < 1.29 is 19.4 Å². The number of carbonyl (C=O) groups is 2. The van der Waals surface area contributed by atoms with Gasteiger partial charge in [0.15, 0.2) is 0 Å². The van der Waals surface area contributed by atoms with Crippen LogP contribution in [0.15, 0.2) is 36.7 Å². The van der Waals surface area contributed by atoms with Gasteiger partial charge in [0, 0.05) is 31.5 Å². The number of rotatable bonds is 7. The molecule has 8 heteroatoms. The van der Waals surface area contributed by atoms with Crippen LogP contribution in [0.2, 0.25) is 0 Å². The Labute approximate surface area is 170 Å². The Hall–Kier alpha value is -2.71. The number of nitrogens with zero attached hydrogens (tertiary/aromatic N) is 3. The number of benzene rings is 1. The first kappa shape index (κ1) is 21.0. The molecule has 0 bridgehead atoms. The van der Waals surface area contributed by atoms with E-state index in [4.69, 9.17) is 4.74 Å². The highest BCUT2D eigenvalue weighted by atomic mass is 16.5. The average Bonchev–Trinajstić information content (AvgIpc) is 3.08. The van der Waals surface area contributed by atoms with Crippen LogP contribution in [0.5, 0.6) is 0 Å². The van der Waals surface area contributed by atoms with Gasteiger partial charge in [-0.15, -0.1) is 0 Å². The number of anilines is 1. The van der Waals surface area contributed by atoms with E-state index in [2.05, 4.69) is 10.3 Å². The minimum Gasteiger partial charge on any atom is -0.394 e. The zero-order chi connectivity index (χ0) is 21.0. The zero-order valence-electron chi connectivity index (χ0n) is 17.0. The number of aliphatic hydroxyl groups excluding tert-OH is 1. The van der Waals surface area contributed by atoms with Crippen molar-refractivity contribution in [3.63, 3.8) is 0 Å². The molecule has 0 aliphatic carbocycles. The molecule has 2 atom stereocenters. The van der Waals surface area contributed by atoms with Crippen molar-refractivity contribution in [2.24, 2.45) is 13.0 Å². The molecule has 2 unspecified atom stereocenters. The number of morpholine rings is 1. The van der Waals surface area contributed by atoms with Gasteiger partial charge in [-0.05, 0) is 23.6 Å². The van der Waals surface area contributed by atoms with Gasteiger partial charge in [0.05, 0.1) is 19.2 Å². The summed E-state index contributed by atoms with van der Waals surface area (Å²) >= 11 is 0. The Morgan fingerprint density at radius 3 is 2.66 bits per heavy atom. The van der Waals surface area contributed by atoms with Gasteiger partial charge < -0.3 is 24.6 Å². The Morgan fingerprint density at radius 2 is 2.07 bits per heavy atom.